The van der Waals surface area contributed by atoms with Crippen molar-refractivity contribution in [2.45, 2.75) is 40.2 Å². The molecule has 0 aliphatic carbocycles. The van der Waals surface area contributed by atoms with Crippen molar-refractivity contribution >= 4 is 11.7 Å². The first-order valence-electron chi connectivity index (χ1n) is 8.63. The fraction of sp³-hybridized carbons (Fsp3) is 0.350. The molecule has 0 fully saturated rings. The van der Waals surface area contributed by atoms with Gasteiger partial charge in [-0.05, 0) is 56.7 Å². The summed E-state index contributed by atoms with van der Waals surface area (Å²) in [6.45, 7) is 6.25. The van der Waals surface area contributed by atoms with Crippen LogP contribution < -0.4 is 15.6 Å². The number of carbonyl (C=O) groups excluding carboxylic acids is 2. The van der Waals surface area contributed by atoms with Crippen molar-refractivity contribution in [1.82, 2.24) is 10.3 Å². The van der Waals surface area contributed by atoms with Gasteiger partial charge in [-0.25, -0.2) is 0 Å². The van der Waals surface area contributed by atoms with Crippen LogP contribution in [0.3, 0.4) is 0 Å². The van der Waals surface area contributed by atoms with Gasteiger partial charge in [0.25, 0.3) is 5.56 Å². The Kier molecular flexibility index (Phi) is 6.72. The van der Waals surface area contributed by atoms with Crippen LogP contribution in [0.5, 0.6) is 5.75 Å². The van der Waals surface area contributed by atoms with Crippen LogP contribution in [0.15, 0.2) is 35.1 Å². The van der Waals surface area contributed by atoms with Gasteiger partial charge in [-0.1, -0.05) is 0 Å². The van der Waals surface area contributed by atoms with Crippen molar-refractivity contribution in [2.75, 3.05) is 6.61 Å². The van der Waals surface area contributed by atoms with E-state index in [9.17, 15) is 14.4 Å². The van der Waals surface area contributed by atoms with Gasteiger partial charge in [0.05, 0.1) is 6.61 Å². The lowest BCUT2D eigenvalue weighted by Gasteiger charge is -2.08. The molecule has 0 saturated carbocycles. The average molecular weight is 356 g/mol. The second-order valence-electron chi connectivity index (χ2n) is 6.10. The lowest BCUT2D eigenvalue weighted by molar-refractivity contribution is -0.121. The number of H-pyrrole nitrogens is 1. The summed E-state index contributed by atoms with van der Waals surface area (Å²) in [5.41, 5.74) is 2.49. The molecule has 26 heavy (non-hydrogen) atoms. The summed E-state index contributed by atoms with van der Waals surface area (Å²) >= 11 is 0. The fourth-order valence-electron chi connectivity index (χ4n) is 2.65. The summed E-state index contributed by atoms with van der Waals surface area (Å²) in [5, 5.41) is 2.70. The highest BCUT2D eigenvalue weighted by molar-refractivity contribution is 5.98. The molecular formula is C20H24N2O4. The molecule has 6 heteroatoms. The summed E-state index contributed by atoms with van der Waals surface area (Å²) in [7, 11) is 0. The first-order chi connectivity index (χ1) is 12.4. The maximum absolute atomic E-state index is 12.2. The molecule has 0 saturated heterocycles. The molecule has 1 aromatic carbocycles. The predicted octanol–water partition coefficient (Wildman–Crippen LogP) is 2.67. The Balaban J connectivity index is 1.85. The molecule has 0 unspecified atom stereocenters. The van der Waals surface area contributed by atoms with E-state index >= 15 is 0 Å². The minimum absolute atomic E-state index is 0.0782. The molecule has 1 amide bonds. The van der Waals surface area contributed by atoms with E-state index in [0.717, 1.165) is 11.3 Å². The Morgan fingerprint density at radius 1 is 1.12 bits per heavy atom. The Labute approximate surface area is 152 Å². The average Bonchev–Trinajstić information content (AvgIpc) is 2.59. The van der Waals surface area contributed by atoms with Gasteiger partial charge in [-0.15, -0.1) is 0 Å². The van der Waals surface area contributed by atoms with Gasteiger partial charge < -0.3 is 15.0 Å². The monoisotopic (exact) mass is 356 g/mol. The van der Waals surface area contributed by atoms with Crippen molar-refractivity contribution in [1.29, 1.82) is 0 Å². The minimum Gasteiger partial charge on any atom is -0.494 e. The molecule has 2 rings (SSSR count). The first kappa shape index (κ1) is 19.4. The second-order valence-corrected chi connectivity index (χ2v) is 6.10. The van der Waals surface area contributed by atoms with Crippen LogP contribution in [0.2, 0.25) is 0 Å². The molecule has 0 spiro atoms. The van der Waals surface area contributed by atoms with E-state index < -0.39 is 0 Å². The zero-order valence-electron chi connectivity index (χ0n) is 15.3. The Bertz CT molecular complexity index is 838. The third-order valence-electron chi connectivity index (χ3n) is 4.02. The van der Waals surface area contributed by atoms with Gasteiger partial charge in [0, 0.05) is 36.2 Å². The summed E-state index contributed by atoms with van der Waals surface area (Å²) in [6, 6.07) is 8.73. The molecule has 0 atom stereocenters. The molecule has 0 aliphatic rings. The van der Waals surface area contributed by atoms with E-state index in [-0.39, 0.29) is 36.6 Å². The number of ketones is 1. The number of pyridine rings is 1. The number of hydrogen-bond acceptors (Lipinski definition) is 4. The highest BCUT2D eigenvalue weighted by atomic mass is 16.5. The fourth-order valence-corrected chi connectivity index (χ4v) is 2.65. The SMILES string of the molecule is CCOc1ccc(C(=O)CCC(=O)NCc2c(C)cc(C)[nH]c2=O)cc1. The number of Topliss-reactive ketones (excluding diaryl/α,β-unsaturated/α-hetero) is 1. The van der Waals surface area contributed by atoms with Gasteiger partial charge in [0.15, 0.2) is 5.78 Å². The lowest BCUT2D eigenvalue weighted by Crippen LogP contribution is -2.28. The zero-order chi connectivity index (χ0) is 19.1. The molecule has 1 aromatic heterocycles. The highest BCUT2D eigenvalue weighted by Crippen LogP contribution is 2.14. The second kappa shape index (κ2) is 8.99. The minimum atomic E-state index is -0.260. The molecule has 0 aliphatic heterocycles. The Hall–Kier alpha value is -2.89. The van der Waals surface area contributed by atoms with Crippen molar-refractivity contribution in [3.63, 3.8) is 0 Å². The molecule has 0 radical (unpaired) electrons. The number of rotatable bonds is 8. The molecule has 2 N–H and O–H groups in total. The number of aryl methyl sites for hydroxylation is 2. The number of aromatic nitrogens is 1. The van der Waals surface area contributed by atoms with Crippen LogP contribution >= 0.6 is 0 Å². The smallest absolute Gasteiger partial charge is 0.253 e. The third kappa shape index (κ3) is 5.31. The Morgan fingerprint density at radius 3 is 2.42 bits per heavy atom. The molecule has 138 valence electrons. The number of carbonyl (C=O) groups is 2. The topological polar surface area (TPSA) is 88.3 Å². The number of ether oxygens (including phenoxy) is 1. The van der Waals surface area contributed by atoms with Gasteiger partial charge in [-0.3, -0.25) is 14.4 Å². The molecule has 2 aromatic rings. The quantitative estimate of drug-likeness (QED) is 0.712. The van der Waals surface area contributed by atoms with Crippen molar-refractivity contribution in [3.05, 3.63) is 63.1 Å². The predicted molar refractivity (Wildman–Crippen MR) is 99.6 cm³/mol. The highest BCUT2D eigenvalue weighted by Gasteiger charge is 2.11. The van der Waals surface area contributed by atoms with Gasteiger partial charge in [0.2, 0.25) is 5.91 Å². The standard InChI is InChI=1S/C20H24N2O4/c1-4-26-16-7-5-15(6-8-16)18(23)9-10-19(24)21-12-17-13(2)11-14(3)22-20(17)25/h5-8,11H,4,9-10,12H2,1-3H3,(H,21,24)(H,22,25). The van der Waals surface area contributed by atoms with Crippen molar-refractivity contribution in [3.8, 4) is 5.75 Å². The molecule has 0 bridgehead atoms. The van der Waals surface area contributed by atoms with Crippen LogP contribution in [0.4, 0.5) is 0 Å². The number of amides is 1. The summed E-state index contributed by atoms with van der Waals surface area (Å²) in [4.78, 5) is 38.8. The van der Waals surface area contributed by atoms with Crippen LogP contribution in [0, 0.1) is 13.8 Å². The van der Waals surface area contributed by atoms with Crippen LogP contribution in [-0.4, -0.2) is 23.3 Å². The Morgan fingerprint density at radius 2 is 1.81 bits per heavy atom. The van der Waals surface area contributed by atoms with Crippen LogP contribution in [-0.2, 0) is 11.3 Å². The van der Waals surface area contributed by atoms with Gasteiger partial charge >= 0.3 is 0 Å². The van der Waals surface area contributed by atoms with E-state index in [1.165, 1.54) is 0 Å². The normalized spacial score (nSPS) is 10.4. The number of nitrogens with one attached hydrogen (secondary N) is 2. The maximum Gasteiger partial charge on any atom is 0.253 e. The third-order valence-corrected chi connectivity index (χ3v) is 4.02. The van der Waals surface area contributed by atoms with Crippen molar-refractivity contribution in [2.24, 2.45) is 0 Å². The van der Waals surface area contributed by atoms with E-state index in [1.54, 1.807) is 24.3 Å². The van der Waals surface area contributed by atoms with Crippen LogP contribution in [0.25, 0.3) is 0 Å². The van der Waals surface area contributed by atoms with Crippen molar-refractivity contribution < 1.29 is 14.3 Å². The van der Waals surface area contributed by atoms with E-state index in [4.69, 9.17) is 4.74 Å². The number of aromatic amines is 1. The van der Waals surface area contributed by atoms with E-state index in [2.05, 4.69) is 10.3 Å². The first-order valence-corrected chi connectivity index (χ1v) is 8.63. The van der Waals surface area contributed by atoms with Gasteiger partial charge in [0.1, 0.15) is 5.75 Å². The number of hydrogen-bond donors (Lipinski definition) is 2. The summed E-state index contributed by atoms with van der Waals surface area (Å²) in [5.74, 6) is 0.344. The molecule has 6 nitrogen and oxygen atoms in total. The van der Waals surface area contributed by atoms with E-state index in [1.807, 2.05) is 26.8 Å². The summed E-state index contributed by atoms with van der Waals surface area (Å²) < 4.78 is 5.34. The van der Waals surface area contributed by atoms with E-state index in [0.29, 0.717) is 23.5 Å². The maximum atomic E-state index is 12.2. The zero-order valence-corrected chi connectivity index (χ0v) is 15.3. The lowest BCUT2D eigenvalue weighted by atomic mass is 10.1. The van der Waals surface area contributed by atoms with Crippen LogP contribution in [0.1, 0.15) is 46.9 Å². The largest absolute Gasteiger partial charge is 0.494 e. The number of benzene rings is 1. The molecule has 1 heterocycles. The van der Waals surface area contributed by atoms with Gasteiger partial charge in [-0.2, -0.15) is 0 Å². The summed E-state index contributed by atoms with van der Waals surface area (Å²) in [6.07, 6.45) is 0.192. The molecular weight excluding hydrogens is 332 g/mol.